The summed E-state index contributed by atoms with van der Waals surface area (Å²) in [5, 5.41) is 29.9. The van der Waals surface area contributed by atoms with Crippen LogP contribution in [0.15, 0.2) is 46.8 Å². The van der Waals surface area contributed by atoms with Gasteiger partial charge < -0.3 is 14.7 Å². The number of methoxy groups -OCH3 is 1. The molecule has 0 amide bonds. The monoisotopic (exact) mass is 385 g/mol. The van der Waals surface area contributed by atoms with Crippen LogP contribution < -0.4 is 0 Å². The van der Waals surface area contributed by atoms with Crippen molar-refractivity contribution in [1.82, 2.24) is 4.90 Å². The standard InChI is InChI=1S/C19H19N3O6/c1-11-15(18(23)24)17(13-6-4-7-14(10-13)22(26)27)16(19(25)28-3)12(2)21(11)9-5-8-20/h4,6-7,10,17H,5,9H2,1-3H3,(H,23,24)/t17-/m1/s1. The van der Waals surface area contributed by atoms with Crippen LogP contribution in [0.2, 0.25) is 0 Å². The molecule has 0 aromatic heterocycles. The van der Waals surface area contributed by atoms with Crippen LogP contribution in [0.25, 0.3) is 0 Å². The number of aliphatic carboxylic acids is 1. The molecule has 0 unspecified atom stereocenters. The highest BCUT2D eigenvalue weighted by molar-refractivity contribution is 5.99. The largest absolute Gasteiger partial charge is 0.478 e. The van der Waals surface area contributed by atoms with Gasteiger partial charge in [-0.1, -0.05) is 12.1 Å². The van der Waals surface area contributed by atoms with Gasteiger partial charge in [0, 0.05) is 30.1 Å². The number of nitriles is 1. The lowest BCUT2D eigenvalue weighted by Crippen LogP contribution is -2.35. The first-order chi connectivity index (χ1) is 13.2. The third-order valence-electron chi connectivity index (χ3n) is 4.66. The molecule has 1 aromatic carbocycles. The van der Waals surface area contributed by atoms with E-state index in [1.54, 1.807) is 18.7 Å². The number of rotatable bonds is 6. The van der Waals surface area contributed by atoms with Crippen molar-refractivity contribution in [2.75, 3.05) is 13.7 Å². The number of ether oxygens (including phenoxy) is 1. The third kappa shape index (κ3) is 3.71. The third-order valence-corrected chi connectivity index (χ3v) is 4.66. The number of nitro benzene ring substituents is 1. The van der Waals surface area contributed by atoms with Crippen molar-refractivity contribution in [3.8, 4) is 6.07 Å². The fraction of sp³-hybridized carbons (Fsp3) is 0.316. The molecule has 0 spiro atoms. The minimum absolute atomic E-state index is 0.0731. The summed E-state index contributed by atoms with van der Waals surface area (Å²) in [5.74, 6) is -3.03. The van der Waals surface area contributed by atoms with Crippen molar-refractivity contribution in [2.45, 2.75) is 26.2 Å². The molecule has 0 saturated carbocycles. The van der Waals surface area contributed by atoms with Crippen LogP contribution in [0.3, 0.4) is 0 Å². The average molecular weight is 385 g/mol. The lowest BCUT2D eigenvalue weighted by Gasteiger charge is -2.37. The van der Waals surface area contributed by atoms with E-state index in [0.29, 0.717) is 17.0 Å². The fourth-order valence-electron chi connectivity index (χ4n) is 3.41. The van der Waals surface area contributed by atoms with E-state index in [0.717, 1.165) is 0 Å². The fourth-order valence-corrected chi connectivity index (χ4v) is 3.41. The van der Waals surface area contributed by atoms with E-state index >= 15 is 0 Å². The highest BCUT2D eigenvalue weighted by atomic mass is 16.6. The number of esters is 1. The predicted octanol–water partition coefficient (Wildman–Crippen LogP) is 2.71. The van der Waals surface area contributed by atoms with Crippen LogP contribution in [0.1, 0.15) is 31.7 Å². The van der Waals surface area contributed by atoms with Gasteiger partial charge in [0.2, 0.25) is 0 Å². The Balaban J connectivity index is 2.78. The smallest absolute Gasteiger partial charge is 0.336 e. The number of allylic oxidation sites excluding steroid dienone is 2. The number of nitro groups is 1. The molecule has 9 nitrogen and oxygen atoms in total. The highest BCUT2D eigenvalue weighted by Crippen LogP contribution is 2.43. The lowest BCUT2D eigenvalue weighted by atomic mass is 9.79. The van der Waals surface area contributed by atoms with Gasteiger partial charge in [-0.2, -0.15) is 5.26 Å². The van der Waals surface area contributed by atoms with E-state index in [2.05, 4.69) is 0 Å². The summed E-state index contributed by atoms with van der Waals surface area (Å²) in [6.07, 6.45) is 0.123. The van der Waals surface area contributed by atoms with Crippen LogP contribution in [0.5, 0.6) is 0 Å². The summed E-state index contributed by atoms with van der Waals surface area (Å²) >= 11 is 0. The zero-order chi connectivity index (χ0) is 21.0. The van der Waals surface area contributed by atoms with Gasteiger partial charge in [0.1, 0.15) is 0 Å². The molecule has 28 heavy (non-hydrogen) atoms. The molecule has 1 aliphatic heterocycles. The first-order valence-corrected chi connectivity index (χ1v) is 8.36. The summed E-state index contributed by atoms with van der Waals surface area (Å²) in [6, 6.07) is 7.51. The normalized spacial score (nSPS) is 16.6. The van der Waals surface area contributed by atoms with Crippen molar-refractivity contribution in [2.24, 2.45) is 0 Å². The number of carbonyl (C=O) groups excluding carboxylic acids is 1. The minimum Gasteiger partial charge on any atom is -0.478 e. The summed E-state index contributed by atoms with van der Waals surface area (Å²) in [4.78, 5) is 36.8. The van der Waals surface area contributed by atoms with E-state index in [1.807, 2.05) is 6.07 Å². The van der Waals surface area contributed by atoms with E-state index < -0.39 is 22.8 Å². The van der Waals surface area contributed by atoms with Gasteiger partial charge in [-0.05, 0) is 19.4 Å². The summed E-state index contributed by atoms with van der Waals surface area (Å²) < 4.78 is 4.87. The molecule has 9 heteroatoms. The Hall–Kier alpha value is -3.67. The summed E-state index contributed by atoms with van der Waals surface area (Å²) in [5.41, 5.74) is 0.873. The second-order valence-corrected chi connectivity index (χ2v) is 6.14. The molecule has 0 radical (unpaired) electrons. The van der Waals surface area contributed by atoms with Crippen molar-refractivity contribution in [3.63, 3.8) is 0 Å². The molecule has 1 atom stereocenters. The number of hydrogen-bond acceptors (Lipinski definition) is 7. The molecule has 1 N–H and O–H groups in total. The van der Waals surface area contributed by atoms with Crippen LogP contribution >= 0.6 is 0 Å². The number of nitrogens with zero attached hydrogens (tertiary/aromatic N) is 3. The van der Waals surface area contributed by atoms with Crippen molar-refractivity contribution >= 4 is 17.6 Å². The molecular formula is C19H19N3O6. The molecule has 1 heterocycles. The second kappa shape index (κ2) is 8.35. The van der Waals surface area contributed by atoms with Crippen molar-refractivity contribution < 1.29 is 24.4 Å². The van der Waals surface area contributed by atoms with E-state index in [9.17, 15) is 24.8 Å². The Morgan fingerprint density at radius 2 is 1.96 bits per heavy atom. The zero-order valence-corrected chi connectivity index (χ0v) is 15.6. The first kappa shape index (κ1) is 20.6. The van der Waals surface area contributed by atoms with Crippen LogP contribution in [-0.2, 0) is 14.3 Å². The molecule has 0 aliphatic carbocycles. The number of carboxylic acids is 1. The number of carboxylic acid groups (broad SMARTS) is 1. The predicted molar refractivity (Wildman–Crippen MR) is 97.8 cm³/mol. The maximum atomic E-state index is 12.6. The molecule has 1 aromatic rings. The Morgan fingerprint density at radius 1 is 1.32 bits per heavy atom. The van der Waals surface area contributed by atoms with Crippen molar-refractivity contribution in [1.29, 1.82) is 5.26 Å². The van der Waals surface area contributed by atoms with Crippen molar-refractivity contribution in [3.05, 3.63) is 62.5 Å². The van der Waals surface area contributed by atoms with Crippen LogP contribution in [0, 0.1) is 21.4 Å². The molecule has 0 bridgehead atoms. The molecular weight excluding hydrogens is 366 g/mol. The topological polar surface area (TPSA) is 134 Å². The lowest BCUT2D eigenvalue weighted by molar-refractivity contribution is -0.384. The Labute approximate surface area is 161 Å². The second-order valence-electron chi connectivity index (χ2n) is 6.14. The number of non-ortho nitro benzene ring substituents is 1. The van der Waals surface area contributed by atoms with Gasteiger partial charge in [0.15, 0.2) is 0 Å². The Kier molecular flexibility index (Phi) is 6.15. The minimum atomic E-state index is -1.26. The van der Waals surface area contributed by atoms with E-state index in [-0.39, 0.29) is 29.8 Å². The van der Waals surface area contributed by atoms with Gasteiger partial charge in [-0.3, -0.25) is 10.1 Å². The van der Waals surface area contributed by atoms with Crippen LogP contribution in [-0.4, -0.2) is 40.5 Å². The summed E-state index contributed by atoms with van der Waals surface area (Å²) in [6.45, 7) is 3.42. The van der Waals surface area contributed by atoms with Gasteiger partial charge in [0.05, 0.1) is 41.6 Å². The Bertz CT molecular complexity index is 941. The van der Waals surface area contributed by atoms with E-state index in [1.165, 1.54) is 31.4 Å². The maximum Gasteiger partial charge on any atom is 0.336 e. The highest BCUT2D eigenvalue weighted by Gasteiger charge is 2.40. The SMILES string of the molecule is COC(=O)C1=C(C)N(CCC#N)C(C)=C(C(=O)O)[C@H]1c1cccc([N+](=O)[O-])c1. The van der Waals surface area contributed by atoms with E-state index in [4.69, 9.17) is 10.00 Å². The summed E-state index contributed by atoms with van der Waals surface area (Å²) in [7, 11) is 1.18. The maximum absolute atomic E-state index is 12.6. The molecule has 1 aliphatic rings. The van der Waals surface area contributed by atoms with Gasteiger partial charge in [-0.25, -0.2) is 9.59 Å². The molecule has 0 saturated heterocycles. The van der Waals surface area contributed by atoms with Gasteiger partial charge >= 0.3 is 11.9 Å². The first-order valence-electron chi connectivity index (χ1n) is 8.36. The number of benzene rings is 1. The molecule has 0 fully saturated rings. The van der Waals surface area contributed by atoms with Gasteiger partial charge in [-0.15, -0.1) is 0 Å². The average Bonchev–Trinajstić information content (AvgIpc) is 2.66. The van der Waals surface area contributed by atoms with Crippen LogP contribution in [0.4, 0.5) is 5.69 Å². The van der Waals surface area contributed by atoms with Gasteiger partial charge in [0.25, 0.3) is 5.69 Å². The molecule has 146 valence electrons. The number of hydrogen-bond donors (Lipinski definition) is 1. The molecule has 2 rings (SSSR count). The Morgan fingerprint density at radius 3 is 2.50 bits per heavy atom. The zero-order valence-electron chi connectivity index (χ0n) is 15.6. The number of carbonyl (C=O) groups is 2. The quantitative estimate of drug-likeness (QED) is 0.449.